The molecule has 8 heteroatoms. The third-order valence-corrected chi connectivity index (χ3v) is 5.58. The van der Waals surface area contributed by atoms with Crippen LogP contribution in [0.3, 0.4) is 0 Å². The fourth-order valence-corrected chi connectivity index (χ4v) is 4.44. The highest BCUT2D eigenvalue weighted by Gasteiger charge is 2.44. The number of hydrogen-bond donors (Lipinski definition) is 2. The maximum atomic E-state index is 12.8. The van der Waals surface area contributed by atoms with Crippen molar-refractivity contribution in [3.05, 3.63) is 24.4 Å². The summed E-state index contributed by atoms with van der Waals surface area (Å²) in [5.74, 6) is -0.851. The lowest BCUT2D eigenvalue weighted by Gasteiger charge is -2.33. The number of carbonyl (C=O) groups excluding carboxylic acids is 1. The number of rotatable bonds is 3. The van der Waals surface area contributed by atoms with Crippen LogP contribution < -0.4 is 5.73 Å². The molecule has 1 fully saturated rings. The van der Waals surface area contributed by atoms with Gasteiger partial charge in [-0.3, -0.25) is 4.79 Å². The molecule has 116 valence electrons. The van der Waals surface area contributed by atoms with Crippen LogP contribution in [0.4, 0.5) is 0 Å². The van der Waals surface area contributed by atoms with E-state index in [9.17, 15) is 18.3 Å². The van der Waals surface area contributed by atoms with Gasteiger partial charge < -0.3 is 10.8 Å². The zero-order valence-electron chi connectivity index (χ0n) is 11.7. The molecule has 2 rings (SSSR count). The first-order chi connectivity index (χ1) is 9.85. The number of nitrogens with two attached hydrogens (primary N) is 1. The number of carbonyl (C=O) groups is 1. The molecule has 0 bridgehead atoms. The number of aromatic nitrogens is 1. The lowest BCUT2D eigenvalue weighted by molar-refractivity contribution is -0.125. The third kappa shape index (κ3) is 3.07. The average Bonchev–Trinajstić information content (AvgIpc) is 2.59. The smallest absolute Gasteiger partial charge is 0.261 e. The van der Waals surface area contributed by atoms with Crippen molar-refractivity contribution < 1.29 is 18.3 Å². The first-order valence-corrected chi connectivity index (χ1v) is 8.21. The minimum Gasteiger partial charge on any atom is -0.391 e. The molecule has 0 aliphatic carbocycles. The molecule has 0 saturated carbocycles. The Morgan fingerprint density at radius 3 is 2.71 bits per heavy atom. The lowest BCUT2D eigenvalue weighted by Crippen LogP contribution is -2.55. The first kappa shape index (κ1) is 15.9. The van der Waals surface area contributed by atoms with Crippen molar-refractivity contribution in [3.63, 3.8) is 0 Å². The molecule has 7 nitrogen and oxygen atoms in total. The number of sulfonamides is 1. The summed E-state index contributed by atoms with van der Waals surface area (Å²) < 4.78 is 26.5. The summed E-state index contributed by atoms with van der Waals surface area (Å²) in [6, 6.07) is 2.81. The van der Waals surface area contributed by atoms with E-state index in [1.807, 2.05) is 0 Å². The summed E-state index contributed by atoms with van der Waals surface area (Å²) in [6.07, 6.45) is 1.77. The van der Waals surface area contributed by atoms with Gasteiger partial charge in [-0.05, 0) is 38.3 Å². The number of amides is 1. The highest BCUT2D eigenvalue weighted by molar-refractivity contribution is 7.89. The Morgan fingerprint density at radius 2 is 2.14 bits per heavy atom. The van der Waals surface area contributed by atoms with Gasteiger partial charge in [0.05, 0.1) is 6.10 Å². The van der Waals surface area contributed by atoms with Gasteiger partial charge in [0.25, 0.3) is 10.0 Å². The Bertz CT molecular complexity index is 605. The largest absolute Gasteiger partial charge is 0.391 e. The molecule has 1 aliphatic rings. The molecule has 1 aromatic rings. The van der Waals surface area contributed by atoms with Crippen LogP contribution >= 0.6 is 0 Å². The minimum absolute atomic E-state index is 0.155. The molecule has 1 saturated heterocycles. The second kappa shape index (κ2) is 6.08. The molecule has 1 amide bonds. The molecule has 2 heterocycles. The van der Waals surface area contributed by atoms with Crippen LogP contribution in [0.2, 0.25) is 0 Å². The van der Waals surface area contributed by atoms with Crippen molar-refractivity contribution in [2.45, 2.75) is 49.4 Å². The van der Waals surface area contributed by atoms with E-state index in [-0.39, 0.29) is 5.03 Å². The zero-order valence-corrected chi connectivity index (χ0v) is 12.5. The third-order valence-electron chi connectivity index (χ3n) is 3.67. The number of primary amides is 1. The van der Waals surface area contributed by atoms with Gasteiger partial charge in [0.15, 0.2) is 5.03 Å². The molecule has 3 atom stereocenters. The standard InChI is InChI=1S/C13H19N3O4S/c1-9-5-4-6-10(17)12(13(14)18)16(9)21(19,20)11-7-2-3-8-15-11/h2-3,7-10,12,17H,4-6H2,1H3,(H2,14,18)/t9-,10?,12?/m1/s1. The van der Waals surface area contributed by atoms with Gasteiger partial charge in [-0.15, -0.1) is 0 Å². The molecular formula is C13H19N3O4S. The summed E-state index contributed by atoms with van der Waals surface area (Å²) in [5.41, 5.74) is 5.33. The fraction of sp³-hybridized carbons (Fsp3) is 0.538. The Morgan fingerprint density at radius 1 is 1.43 bits per heavy atom. The van der Waals surface area contributed by atoms with Gasteiger partial charge in [0.2, 0.25) is 5.91 Å². The van der Waals surface area contributed by atoms with E-state index < -0.39 is 34.1 Å². The number of nitrogens with zero attached hydrogens (tertiary/aromatic N) is 2. The first-order valence-electron chi connectivity index (χ1n) is 6.77. The van der Waals surface area contributed by atoms with Gasteiger partial charge in [-0.1, -0.05) is 6.07 Å². The second-order valence-electron chi connectivity index (χ2n) is 5.20. The molecule has 1 aromatic heterocycles. The minimum atomic E-state index is -4.00. The van der Waals surface area contributed by atoms with Crippen LogP contribution in [-0.4, -0.2) is 46.9 Å². The Kier molecular flexibility index (Phi) is 4.60. The number of aliphatic hydroxyl groups is 1. The normalized spacial score (nSPS) is 28.0. The van der Waals surface area contributed by atoms with E-state index in [0.717, 1.165) is 4.31 Å². The van der Waals surface area contributed by atoms with E-state index in [0.29, 0.717) is 19.3 Å². The summed E-state index contributed by atoms with van der Waals surface area (Å²) in [7, 11) is -4.00. The van der Waals surface area contributed by atoms with Crippen molar-refractivity contribution >= 4 is 15.9 Å². The summed E-state index contributed by atoms with van der Waals surface area (Å²) in [6.45, 7) is 1.70. The van der Waals surface area contributed by atoms with Crippen LogP contribution in [0.15, 0.2) is 29.4 Å². The van der Waals surface area contributed by atoms with Crippen molar-refractivity contribution in [1.82, 2.24) is 9.29 Å². The maximum absolute atomic E-state index is 12.8. The van der Waals surface area contributed by atoms with Gasteiger partial charge in [0.1, 0.15) is 6.04 Å². The number of hydrogen-bond acceptors (Lipinski definition) is 5. The summed E-state index contributed by atoms with van der Waals surface area (Å²) in [4.78, 5) is 15.5. The zero-order chi connectivity index (χ0) is 15.6. The van der Waals surface area contributed by atoms with Crippen molar-refractivity contribution in [1.29, 1.82) is 0 Å². The van der Waals surface area contributed by atoms with Crippen LogP contribution in [0.25, 0.3) is 0 Å². The van der Waals surface area contributed by atoms with Gasteiger partial charge >= 0.3 is 0 Å². The number of aliphatic hydroxyl groups excluding tert-OH is 1. The average molecular weight is 313 g/mol. The Hall–Kier alpha value is -1.51. The van der Waals surface area contributed by atoms with E-state index in [2.05, 4.69) is 4.98 Å². The Balaban J connectivity index is 2.52. The summed E-state index contributed by atoms with van der Waals surface area (Å²) >= 11 is 0. The van der Waals surface area contributed by atoms with Crippen LogP contribution in [0.5, 0.6) is 0 Å². The molecule has 0 radical (unpaired) electrons. The van der Waals surface area contributed by atoms with Crippen LogP contribution in [0.1, 0.15) is 26.2 Å². The topological polar surface area (TPSA) is 114 Å². The van der Waals surface area contributed by atoms with E-state index in [4.69, 9.17) is 5.73 Å². The lowest BCUT2D eigenvalue weighted by atomic mass is 10.1. The Labute approximate surface area is 123 Å². The monoisotopic (exact) mass is 313 g/mol. The van der Waals surface area contributed by atoms with E-state index >= 15 is 0 Å². The van der Waals surface area contributed by atoms with Gasteiger partial charge in [-0.2, -0.15) is 4.31 Å². The SMILES string of the molecule is C[C@@H]1CCCC(O)C(C(N)=O)N1S(=O)(=O)c1ccccn1. The maximum Gasteiger partial charge on any atom is 0.261 e. The van der Waals surface area contributed by atoms with Crippen molar-refractivity contribution in [2.24, 2.45) is 5.73 Å². The summed E-state index contributed by atoms with van der Waals surface area (Å²) in [5, 5.41) is 9.94. The van der Waals surface area contributed by atoms with Crippen LogP contribution in [0, 0.1) is 0 Å². The van der Waals surface area contributed by atoms with Gasteiger partial charge in [0, 0.05) is 12.2 Å². The highest BCUT2D eigenvalue weighted by Crippen LogP contribution is 2.28. The highest BCUT2D eigenvalue weighted by atomic mass is 32.2. The van der Waals surface area contributed by atoms with E-state index in [1.54, 1.807) is 19.1 Å². The predicted octanol–water partition coefficient (Wildman–Crippen LogP) is -0.140. The van der Waals surface area contributed by atoms with Crippen molar-refractivity contribution in [2.75, 3.05) is 0 Å². The predicted molar refractivity (Wildman–Crippen MR) is 75.6 cm³/mol. The van der Waals surface area contributed by atoms with Crippen molar-refractivity contribution in [3.8, 4) is 0 Å². The molecule has 0 spiro atoms. The number of pyridine rings is 1. The second-order valence-corrected chi connectivity index (χ2v) is 6.99. The van der Waals surface area contributed by atoms with Gasteiger partial charge in [-0.25, -0.2) is 13.4 Å². The molecule has 1 aliphatic heterocycles. The van der Waals surface area contributed by atoms with Crippen LogP contribution in [-0.2, 0) is 14.8 Å². The molecule has 3 N–H and O–H groups in total. The fourth-order valence-electron chi connectivity index (χ4n) is 2.66. The quantitative estimate of drug-likeness (QED) is 0.806. The molecular weight excluding hydrogens is 294 g/mol. The molecule has 2 unspecified atom stereocenters. The molecule has 21 heavy (non-hydrogen) atoms. The molecule has 0 aromatic carbocycles. The van der Waals surface area contributed by atoms with E-state index in [1.165, 1.54) is 12.3 Å².